The third kappa shape index (κ3) is 8.49. The number of aromatic nitrogens is 8. The second-order valence-corrected chi connectivity index (χ2v) is 17.2. The second-order valence-electron chi connectivity index (χ2n) is 10.8. The van der Waals surface area contributed by atoms with Crippen LogP contribution in [0.15, 0.2) is 94.8 Å². The van der Waals surface area contributed by atoms with Gasteiger partial charge in [-0.05, 0) is 59.7 Å². The Bertz CT molecular complexity index is 2650. The summed E-state index contributed by atoms with van der Waals surface area (Å²) in [5, 5.41) is 19.6. The van der Waals surface area contributed by atoms with Gasteiger partial charge >= 0.3 is 0 Å². The molecule has 0 aliphatic carbocycles. The Balaban J connectivity index is 0.000000200. The average molecular weight is 1070 g/mol. The number of aromatic amines is 2. The maximum absolute atomic E-state index is 12.5. The van der Waals surface area contributed by atoms with Crippen molar-refractivity contribution < 1.29 is 18.6 Å². The molecule has 1 radical (unpaired) electrons. The summed E-state index contributed by atoms with van der Waals surface area (Å²) < 4.78 is 5.56. The Morgan fingerprint density at radius 3 is 1.61 bits per heavy atom. The van der Waals surface area contributed by atoms with E-state index in [1.807, 2.05) is 73.7 Å². The van der Waals surface area contributed by atoms with E-state index in [4.69, 9.17) is 0 Å². The van der Waals surface area contributed by atoms with E-state index in [9.17, 15) is 14.9 Å². The summed E-state index contributed by atoms with van der Waals surface area (Å²) in [6, 6.07) is 24.8. The van der Waals surface area contributed by atoms with Gasteiger partial charge in [-0.25, -0.2) is 9.97 Å². The van der Waals surface area contributed by atoms with Crippen LogP contribution in [0.4, 0.5) is 0 Å². The van der Waals surface area contributed by atoms with Crippen LogP contribution in [0.5, 0.6) is 0 Å². The topological polar surface area (TPSA) is 150 Å². The maximum Gasteiger partial charge on any atom is 0.257 e. The molecule has 0 atom stereocenters. The van der Waals surface area contributed by atoms with Gasteiger partial charge in [-0.1, -0.05) is 60.7 Å². The van der Waals surface area contributed by atoms with Gasteiger partial charge in [0.1, 0.15) is 22.9 Å². The number of H-pyrrole nitrogens is 2. The van der Waals surface area contributed by atoms with Crippen molar-refractivity contribution in [2.24, 2.45) is 0 Å². The van der Waals surface area contributed by atoms with Gasteiger partial charge in [-0.2, -0.15) is 33.3 Å². The summed E-state index contributed by atoms with van der Waals surface area (Å²) in [5.74, 6) is 0. The Hall–Kier alpha value is -3.35. The zero-order valence-electron chi connectivity index (χ0n) is 27.0. The largest absolute Gasteiger partial charge is 0.306 e. The molecule has 0 aliphatic rings. The number of hydrogen-bond donors (Lipinski definition) is 2. The van der Waals surface area contributed by atoms with Crippen LogP contribution >= 0.6 is 80.2 Å². The van der Waals surface area contributed by atoms with Crippen LogP contribution in [-0.2, 0) is 18.6 Å². The molecular formula is C35H26ClI3N9O2V-. The molecule has 8 rings (SSSR count). The molecule has 0 bridgehead atoms. The van der Waals surface area contributed by atoms with Gasteiger partial charge < -0.3 is 55.1 Å². The van der Waals surface area contributed by atoms with Crippen LogP contribution in [0.25, 0.3) is 55.6 Å². The third-order valence-electron chi connectivity index (χ3n) is 7.46. The summed E-state index contributed by atoms with van der Waals surface area (Å²) in [4.78, 5) is 39.5. The van der Waals surface area contributed by atoms with Crippen LogP contribution < -0.4 is 11.1 Å². The third-order valence-corrected chi connectivity index (χ3v) is 8.72. The van der Waals surface area contributed by atoms with E-state index >= 15 is 0 Å². The SMILES string of the molecule is C[C-](I)I.Cc1nn2c(ncc3cc(-c4ccccc4)c(=O)[nH]c32)c1C#N.Cc1nn2c(ncc3cc(-c4ccccc4)c(=O)[nH]c32)c1I.Cl.[V]. The van der Waals surface area contributed by atoms with Gasteiger partial charge in [0.25, 0.3) is 11.1 Å². The molecule has 51 heavy (non-hydrogen) atoms. The smallest absolute Gasteiger partial charge is 0.257 e. The first-order valence-electron chi connectivity index (χ1n) is 14.7. The van der Waals surface area contributed by atoms with Crippen molar-refractivity contribution in [3.63, 3.8) is 0 Å². The molecular weight excluding hydrogens is 1050 g/mol. The number of benzene rings is 2. The van der Waals surface area contributed by atoms with Gasteiger partial charge in [0.2, 0.25) is 0 Å². The minimum Gasteiger partial charge on any atom is -0.306 e. The van der Waals surface area contributed by atoms with Crippen molar-refractivity contribution in [3.05, 3.63) is 128 Å². The number of fused-ring (bicyclic) bond motifs is 6. The summed E-state index contributed by atoms with van der Waals surface area (Å²) in [5.41, 5.74) is 6.89. The molecule has 0 unspecified atom stereocenters. The first-order chi connectivity index (χ1) is 23.6. The van der Waals surface area contributed by atoms with E-state index in [2.05, 4.69) is 111 Å². The van der Waals surface area contributed by atoms with Gasteiger partial charge in [-0.3, -0.25) is 9.59 Å². The van der Waals surface area contributed by atoms with Gasteiger partial charge in [0.15, 0.2) is 11.3 Å². The molecule has 0 saturated heterocycles. The first kappa shape index (κ1) is 40.4. The van der Waals surface area contributed by atoms with Gasteiger partial charge in [0, 0.05) is 52.8 Å². The van der Waals surface area contributed by atoms with E-state index in [-0.39, 0.29) is 42.1 Å². The van der Waals surface area contributed by atoms with Crippen molar-refractivity contribution in [2.45, 2.75) is 20.8 Å². The van der Waals surface area contributed by atoms with Crippen molar-refractivity contribution in [3.8, 4) is 28.3 Å². The Morgan fingerprint density at radius 2 is 1.16 bits per heavy atom. The van der Waals surface area contributed by atoms with Crippen LogP contribution in [0.3, 0.4) is 0 Å². The van der Waals surface area contributed by atoms with Crippen molar-refractivity contribution >= 4 is 114 Å². The molecule has 0 amide bonds. The summed E-state index contributed by atoms with van der Waals surface area (Å²) >= 11 is 6.71. The number of nitrogens with one attached hydrogen (secondary N) is 2. The predicted octanol–water partition coefficient (Wildman–Crippen LogP) is 8.35. The molecule has 0 spiro atoms. The summed E-state index contributed by atoms with van der Waals surface area (Å²) in [6.45, 7) is 5.73. The second kappa shape index (κ2) is 17.4. The fourth-order valence-corrected chi connectivity index (χ4v) is 5.71. The standard InChI is InChI=1S/C17H11N5O.C16H11IN4O.C2H3I2.ClH.V/c1-10-14(8-18)16-19-9-12-7-13(11-5-3-2-4-6-11)17(23)20-15(12)22(16)21-10;1-9-13(17)15-18-8-11-7-12(10-5-3-2-4-6-10)16(22)19-14(11)21(15)20-9;1-2(3)4;;/h2-7,9H,1H3,(H,20,23);2-8H,1H3,(H,19,22);1H3;1H;/q;;-1;;. The number of pyridine rings is 2. The molecule has 2 N–H and O–H groups in total. The first-order valence-corrected chi connectivity index (χ1v) is 17.9. The molecule has 0 saturated carbocycles. The molecule has 257 valence electrons. The molecule has 6 heterocycles. The van der Waals surface area contributed by atoms with Crippen LogP contribution in [0, 0.1) is 30.7 Å². The zero-order chi connectivity index (χ0) is 34.8. The Morgan fingerprint density at radius 1 is 0.745 bits per heavy atom. The maximum atomic E-state index is 12.5. The van der Waals surface area contributed by atoms with Crippen LogP contribution in [0.2, 0.25) is 0 Å². The number of nitriles is 1. The van der Waals surface area contributed by atoms with E-state index in [0.717, 1.165) is 36.8 Å². The van der Waals surface area contributed by atoms with Crippen LogP contribution in [-0.4, -0.2) is 39.2 Å². The molecule has 0 fully saturated rings. The summed E-state index contributed by atoms with van der Waals surface area (Å²) in [7, 11) is 0. The number of halogens is 4. The fourth-order valence-electron chi connectivity index (χ4n) is 5.23. The molecule has 8 aromatic rings. The quantitative estimate of drug-likeness (QED) is 0.131. The van der Waals surface area contributed by atoms with Gasteiger partial charge in [0.05, 0.1) is 15.0 Å². The number of nitrogens with zero attached hydrogens (tertiary/aromatic N) is 7. The average Bonchev–Trinajstić information content (AvgIpc) is 3.59. The van der Waals surface area contributed by atoms with E-state index in [1.54, 1.807) is 29.9 Å². The molecule has 0 aliphatic heterocycles. The normalized spacial score (nSPS) is 10.5. The Labute approximate surface area is 350 Å². The monoisotopic (exact) mass is 1070 g/mol. The summed E-state index contributed by atoms with van der Waals surface area (Å²) in [6.07, 6.45) is 3.42. The molecule has 16 heteroatoms. The van der Waals surface area contributed by atoms with Crippen LogP contribution in [0.1, 0.15) is 23.9 Å². The molecule has 6 aromatic heterocycles. The van der Waals surface area contributed by atoms with Gasteiger partial charge in [-0.15, -0.1) is 12.4 Å². The van der Waals surface area contributed by atoms with Crippen molar-refractivity contribution in [1.82, 2.24) is 39.2 Å². The van der Waals surface area contributed by atoms with E-state index in [0.29, 0.717) is 39.3 Å². The predicted molar refractivity (Wildman–Crippen MR) is 224 cm³/mol. The minimum absolute atomic E-state index is 0. The number of hydrogen-bond acceptors (Lipinski definition) is 7. The van der Waals surface area contributed by atoms with E-state index < -0.39 is 0 Å². The minimum atomic E-state index is -0.206. The number of aryl methyl sites for hydroxylation is 2. The zero-order valence-corrected chi connectivity index (χ0v) is 35.7. The Kier molecular flexibility index (Phi) is 13.8. The van der Waals surface area contributed by atoms with Crippen molar-refractivity contribution in [2.75, 3.05) is 0 Å². The number of rotatable bonds is 2. The van der Waals surface area contributed by atoms with E-state index in [1.165, 1.54) is 6.45 Å². The molecule has 2 aromatic carbocycles. The van der Waals surface area contributed by atoms with Crippen molar-refractivity contribution in [1.29, 1.82) is 5.26 Å². The molecule has 11 nitrogen and oxygen atoms in total. The fraction of sp³-hybridized carbons (Fsp3) is 0.0857.